The maximum atomic E-state index is 11.9. The molecule has 0 atom stereocenters. The highest BCUT2D eigenvalue weighted by molar-refractivity contribution is 6.30. The van der Waals surface area contributed by atoms with E-state index < -0.39 is 29.2 Å². The van der Waals surface area contributed by atoms with Gasteiger partial charge in [0.1, 0.15) is 5.82 Å². The summed E-state index contributed by atoms with van der Waals surface area (Å²) in [6, 6.07) is 6.89. The van der Waals surface area contributed by atoms with Crippen LogP contribution in [0.25, 0.3) is 11.1 Å². The number of carbonyl (C=O) groups excluding carboxylic acids is 2. The number of hydrogen-bond acceptors (Lipinski definition) is 8. The van der Waals surface area contributed by atoms with Crippen molar-refractivity contribution in [2.45, 2.75) is 19.4 Å². The summed E-state index contributed by atoms with van der Waals surface area (Å²) in [6.07, 6.45) is 1.56. The Hall–Kier alpha value is -3.73. The first-order chi connectivity index (χ1) is 14.3. The van der Waals surface area contributed by atoms with Crippen molar-refractivity contribution in [3.8, 4) is 0 Å². The van der Waals surface area contributed by atoms with E-state index >= 15 is 0 Å². The number of amides is 1. The summed E-state index contributed by atoms with van der Waals surface area (Å²) in [5.41, 5.74) is 0.275. The molecule has 1 amide bonds. The minimum atomic E-state index is -0.686. The topological polar surface area (TPSA) is 147 Å². The minimum absolute atomic E-state index is 0.0431. The van der Waals surface area contributed by atoms with Gasteiger partial charge in [0.25, 0.3) is 11.6 Å². The molecular weight excluding hydrogens is 420 g/mol. The van der Waals surface area contributed by atoms with Crippen LogP contribution < -0.4 is 11.1 Å². The molecule has 3 aromatic rings. The lowest BCUT2D eigenvalue weighted by Gasteiger charge is -2.06. The molecule has 0 spiro atoms. The Morgan fingerprint density at radius 2 is 2.10 bits per heavy atom. The number of pyridine rings is 1. The molecule has 0 aliphatic heterocycles. The van der Waals surface area contributed by atoms with Gasteiger partial charge >= 0.3 is 11.7 Å². The zero-order valence-electron chi connectivity index (χ0n) is 15.4. The number of carbonyl (C=O) groups is 2. The molecular formula is C18H15ClN4O7. The molecule has 0 bridgehead atoms. The summed E-state index contributed by atoms with van der Waals surface area (Å²) in [6.45, 7) is -0.346. The third-order valence-corrected chi connectivity index (χ3v) is 4.21. The van der Waals surface area contributed by atoms with Crippen LogP contribution in [0.3, 0.4) is 0 Å². The summed E-state index contributed by atoms with van der Waals surface area (Å²) < 4.78 is 11.2. The van der Waals surface area contributed by atoms with Crippen molar-refractivity contribution in [2.24, 2.45) is 0 Å². The van der Waals surface area contributed by atoms with E-state index in [1.165, 1.54) is 29.0 Å². The molecule has 0 saturated carbocycles. The van der Waals surface area contributed by atoms with E-state index in [1.54, 1.807) is 6.07 Å². The molecule has 0 fully saturated rings. The monoisotopic (exact) mass is 434 g/mol. The number of hydrogen-bond donors (Lipinski definition) is 1. The molecule has 1 aromatic carbocycles. The molecule has 0 saturated heterocycles. The fourth-order valence-corrected chi connectivity index (χ4v) is 2.72. The third kappa shape index (κ3) is 5.20. The standard InChI is InChI=1S/C18H15ClN4O7/c19-11-3-6-15(20-9-11)21-16(24)10-29-17(25)2-1-7-22-13-5-4-12(23(27)28)8-14(13)30-18(22)26/h3-6,8-9H,1-2,7,10H2,(H,20,21,24). The second kappa shape index (κ2) is 9.18. The van der Waals surface area contributed by atoms with Gasteiger partial charge in [-0.05, 0) is 24.6 Å². The van der Waals surface area contributed by atoms with Gasteiger partial charge in [-0.15, -0.1) is 0 Å². The summed E-state index contributed by atoms with van der Waals surface area (Å²) in [5, 5.41) is 13.7. The maximum absolute atomic E-state index is 11.9. The molecule has 11 nitrogen and oxygen atoms in total. The smallest absolute Gasteiger partial charge is 0.419 e. The third-order valence-electron chi connectivity index (χ3n) is 3.98. The number of benzene rings is 1. The van der Waals surface area contributed by atoms with Crippen molar-refractivity contribution in [1.29, 1.82) is 0 Å². The SMILES string of the molecule is O=C(COC(=O)CCCn1c(=O)oc2cc([N+](=O)[O-])ccc21)Nc1ccc(Cl)cn1. The number of ether oxygens (including phenoxy) is 1. The number of rotatable bonds is 8. The lowest BCUT2D eigenvalue weighted by Crippen LogP contribution is -2.21. The largest absolute Gasteiger partial charge is 0.456 e. The van der Waals surface area contributed by atoms with Crippen molar-refractivity contribution in [3.05, 3.63) is 62.2 Å². The molecule has 2 heterocycles. The molecule has 0 aliphatic carbocycles. The summed E-state index contributed by atoms with van der Waals surface area (Å²) in [7, 11) is 0. The number of nitro benzene ring substituents is 1. The van der Waals surface area contributed by atoms with Gasteiger partial charge in [-0.2, -0.15) is 0 Å². The van der Waals surface area contributed by atoms with Gasteiger partial charge in [0, 0.05) is 25.2 Å². The molecule has 12 heteroatoms. The highest BCUT2D eigenvalue weighted by Gasteiger charge is 2.15. The maximum Gasteiger partial charge on any atom is 0.419 e. The molecule has 0 aliphatic rings. The molecule has 0 radical (unpaired) electrons. The van der Waals surface area contributed by atoms with E-state index in [4.69, 9.17) is 20.8 Å². The molecule has 1 N–H and O–H groups in total. The van der Waals surface area contributed by atoms with Gasteiger partial charge in [0.15, 0.2) is 12.2 Å². The van der Waals surface area contributed by atoms with E-state index in [0.29, 0.717) is 10.5 Å². The Kier molecular flexibility index (Phi) is 6.42. The Morgan fingerprint density at radius 1 is 1.30 bits per heavy atom. The number of anilines is 1. The van der Waals surface area contributed by atoms with Crippen LogP contribution >= 0.6 is 11.6 Å². The van der Waals surface area contributed by atoms with E-state index in [-0.39, 0.29) is 36.5 Å². The van der Waals surface area contributed by atoms with Crippen molar-refractivity contribution in [3.63, 3.8) is 0 Å². The second-order valence-electron chi connectivity index (χ2n) is 6.10. The van der Waals surface area contributed by atoms with Gasteiger partial charge in [0.05, 0.1) is 21.5 Å². The number of oxazole rings is 1. The predicted molar refractivity (Wildman–Crippen MR) is 105 cm³/mol. The summed E-state index contributed by atoms with van der Waals surface area (Å²) in [5.74, 6) is -1.59. The fourth-order valence-electron chi connectivity index (χ4n) is 2.61. The molecule has 2 aromatic heterocycles. The Labute approximate surface area is 173 Å². The van der Waals surface area contributed by atoms with Crippen LogP contribution in [-0.4, -0.2) is 33.0 Å². The minimum Gasteiger partial charge on any atom is -0.456 e. The molecule has 3 rings (SSSR count). The van der Waals surface area contributed by atoms with Crippen LogP contribution in [0.4, 0.5) is 11.5 Å². The fraction of sp³-hybridized carbons (Fsp3) is 0.222. The highest BCUT2D eigenvalue weighted by atomic mass is 35.5. The average molecular weight is 435 g/mol. The van der Waals surface area contributed by atoms with E-state index in [2.05, 4.69) is 10.3 Å². The van der Waals surface area contributed by atoms with E-state index in [9.17, 15) is 24.5 Å². The lowest BCUT2D eigenvalue weighted by atomic mass is 10.2. The number of halogens is 1. The van der Waals surface area contributed by atoms with Crippen molar-refractivity contribution >= 4 is 46.1 Å². The van der Waals surface area contributed by atoms with Gasteiger partial charge in [-0.1, -0.05) is 11.6 Å². The zero-order chi connectivity index (χ0) is 21.7. The first-order valence-electron chi connectivity index (χ1n) is 8.68. The van der Waals surface area contributed by atoms with Gasteiger partial charge in [-0.3, -0.25) is 24.3 Å². The number of non-ortho nitro benzene ring substituents is 1. The number of esters is 1. The van der Waals surface area contributed by atoms with Gasteiger partial charge < -0.3 is 14.5 Å². The lowest BCUT2D eigenvalue weighted by molar-refractivity contribution is -0.384. The number of nitro groups is 1. The Bertz CT molecular complexity index is 1150. The quantitative estimate of drug-likeness (QED) is 0.323. The Morgan fingerprint density at radius 3 is 2.80 bits per heavy atom. The second-order valence-corrected chi connectivity index (χ2v) is 6.54. The van der Waals surface area contributed by atoms with Crippen LogP contribution in [0.5, 0.6) is 0 Å². The average Bonchev–Trinajstić information content (AvgIpc) is 3.02. The molecule has 0 unspecified atom stereocenters. The number of nitrogens with one attached hydrogen (secondary N) is 1. The predicted octanol–water partition coefficient (Wildman–Crippen LogP) is 2.51. The van der Waals surface area contributed by atoms with Crippen molar-refractivity contribution in [1.82, 2.24) is 9.55 Å². The van der Waals surface area contributed by atoms with Crippen molar-refractivity contribution in [2.75, 3.05) is 11.9 Å². The van der Waals surface area contributed by atoms with Crippen LogP contribution in [0, 0.1) is 10.1 Å². The first kappa shape index (κ1) is 21.0. The molecule has 30 heavy (non-hydrogen) atoms. The number of aromatic nitrogens is 2. The molecule has 156 valence electrons. The highest BCUT2D eigenvalue weighted by Crippen LogP contribution is 2.20. The van der Waals surface area contributed by atoms with Crippen LogP contribution in [-0.2, 0) is 20.9 Å². The number of aryl methyl sites for hydroxylation is 1. The number of fused-ring (bicyclic) bond motifs is 1. The Balaban J connectivity index is 1.48. The summed E-state index contributed by atoms with van der Waals surface area (Å²) >= 11 is 5.70. The van der Waals surface area contributed by atoms with Crippen LogP contribution in [0.1, 0.15) is 12.8 Å². The van der Waals surface area contributed by atoms with E-state index in [0.717, 1.165) is 6.07 Å². The van der Waals surface area contributed by atoms with Gasteiger partial charge in [0.2, 0.25) is 0 Å². The van der Waals surface area contributed by atoms with Crippen molar-refractivity contribution < 1.29 is 23.7 Å². The summed E-state index contributed by atoms with van der Waals surface area (Å²) in [4.78, 5) is 49.6. The zero-order valence-corrected chi connectivity index (χ0v) is 16.1. The van der Waals surface area contributed by atoms with Gasteiger partial charge in [-0.25, -0.2) is 9.78 Å². The van der Waals surface area contributed by atoms with E-state index in [1.807, 2.05) is 0 Å². The van der Waals surface area contributed by atoms with Crippen LogP contribution in [0.15, 0.2) is 45.7 Å². The first-order valence-corrected chi connectivity index (χ1v) is 9.06. The number of nitrogens with zero attached hydrogens (tertiary/aromatic N) is 3. The van der Waals surface area contributed by atoms with Crippen LogP contribution in [0.2, 0.25) is 5.02 Å². The normalized spacial score (nSPS) is 10.7.